The zero-order valence-electron chi connectivity index (χ0n) is 12.4. The molecule has 0 saturated carbocycles. The van der Waals surface area contributed by atoms with Gasteiger partial charge in [0.1, 0.15) is 0 Å². The van der Waals surface area contributed by atoms with Crippen LogP contribution in [0.4, 0.5) is 5.69 Å². The van der Waals surface area contributed by atoms with Crippen molar-refractivity contribution in [3.8, 4) is 0 Å². The van der Waals surface area contributed by atoms with Gasteiger partial charge in [0, 0.05) is 23.1 Å². The number of nitrogens with zero attached hydrogens (tertiary/aromatic N) is 1. The lowest BCUT2D eigenvalue weighted by Crippen LogP contribution is -2.15. The summed E-state index contributed by atoms with van der Waals surface area (Å²) < 4.78 is 0. The van der Waals surface area contributed by atoms with E-state index in [4.69, 9.17) is 0 Å². The van der Waals surface area contributed by atoms with Crippen molar-refractivity contribution in [3.63, 3.8) is 0 Å². The second-order valence-corrected chi connectivity index (χ2v) is 5.26. The molecule has 1 amide bonds. The molecule has 0 unspecified atom stereocenters. The molecule has 104 valence electrons. The Kier molecular flexibility index (Phi) is 4.18. The molecule has 2 aromatic rings. The maximum Gasteiger partial charge on any atom is 0.256 e. The van der Waals surface area contributed by atoms with Crippen molar-refractivity contribution in [2.24, 2.45) is 0 Å². The van der Waals surface area contributed by atoms with E-state index in [1.165, 1.54) is 0 Å². The van der Waals surface area contributed by atoms with E-state index in [0.717, 1.165) is 22.5 Å². The highest BCUT2D eigenvalue weighted by Crippen LogP contribution is 2.24. The third kappa shape index (κ3) is 2.87. The quantitative estimate of drug-likeness (QED) is 0.911. The van der Waals surface area contributed by atoms with Gasteiger partial charge in [-0.1, -0.05) is 32.0 Å². The first-order chi connectivity index (χ1) is 9.50. The molecule has 1 aromatic carbocycles. The van der Waals surface area contributed by atoms with Gasteiger partial charge < -0.3 is 5.32 Å². The molecule has 0 saturated heterocycles. The van der Waals surface area contributed by atoms with E-state index in [0.29, 0.717) is 11.5 Å². The van der Waals surface area contributed by atoms with Crippen LogP contribution in [-0.2, 0) is 0 Å². The van der Waals surface area contributed by atoms with Crippen molar-refractivity contribution in [2.45, 2.75) is 33.6 Å². The van der Waals surface area contributed by atoms with Crippen LogP contribution in [-0.4, -0.2) is 10.9 Å². The average molecular weight is 268 g/mol. The summed E-state index contributed by atoms with van der Waals surface area (Å²) in [6, 6.07) is 9.68. The highest BCUT2D eigenvalue weighted by atomic mass is 16.1. The zero-order valence-corrected chi connectivity index (χ0v) is 12.4. The summed E-state index contributed by atoms with van der Waals surface area (Å²) in [6.07, 6.45) is 1.67. The molecule has 1 aromatic heterocycles. The minimum atomic E-state index is -0.0823. The molecule has 0 fully saturated rings. The molecule has 20 heavy (non-hydrogen) atoms. The Morgan fingerprint density at radius 2 is 1.85 bits per heavy atom. The molecule has 3 nitrogen and oxygen atoms in total. The summed E-state index contributed by atoms with van der Waals surface area (Å²) >= 11 is 0. The number of benzene rings is 1. The molecular weight excluding hydrogens is 248 g/mol. The number of anilines is 1. The fourth-order valence-corrected chi connectivity index (χ4v) is 2.19. The lowest BCUT2D eigenvalue weighted by molar-refractivity contribution is 0.102. The second kappa shape index (κ2) is 5.87. The highest BCUT2D eigenvalue weighted by Gasteiger charge is 2.13. The van der Waals surface area contributed by atoms with Gasteiger partial charge in [-0.25, -0.2) is 0 Å². The number of amides is 1. The van der Waals surface area contributed by atoms with Crippen LogP contribution in [0, 0.1) is 13.8 Å². The fraction of sp³-hybridized carbons (Fsp3) is 0.294. The number of aryl methyl sites for hydroxylation is 1. The Balaban J connectivity index is 2.31. The predicted molar refractivity (Wildman–Crippen MR) is 82.2 cm³/mol. The van der Waals surface area contributed by atoms with Crippen LogP contribution in [0.2, 0.25) is 0 Å². The van der Waals surface area contributed by atoms with Crippen molar-refractivity contribution < 1.29 is 4.79 Å². The van der Waals surface area contributed by atoms with Gasteiger partial charge in [0.25, 0.3) is 5.91 Å². The molecule has 3 heteroatoms. The van der Waals surface area contributed by atoms with Crippen LogP contribution < -0.4 is 5.32 Å². The highest BCUT2D eigenvalue weighted by molar-refractivity contribution is 6.05. The van der Waals surface area contributed by atoms with Crippen LogP contribution in [0.25, 0.3) is 0 Å². The predicted octanol–water partition coefficient (Wildman–Crippen LogP) is 4.07. The van der Waals surface area contributed by atoms with Gasteiger partial charge in [-0.15, -0.1) is 0 Å². The number of hydrogen-bond acceptors (Lipinski definition) is 2. The minimum absolute atomic E-state index is 0.0823. The largest absolute Gasteiger partial charge is 0.322 e. The molecule has 1 heterocycles. The topological polar surface area (TPSA) is 42.0 Å². The van der Waals surface area contributed by atoms with E-state index in [-0.39, 0.29) is 5.91 Å². The number of carbonyl (C=O) groups is 1. The Hall–Kier alpha value is -2.16. The molecule has 0 spiro atoms. The Labute approximate surface area is 120 Å². The Morgan fingerprint density at radius 3 is 2.55 bits per heavy atom. The normalized spacial score (nSPS) is 10.7. The fourth-order valence-electron chi connectivity index (χ4n) is 2.19. The van der Waals surface area contributed by atoms with Crippen molar-refractivity contribution in [3.05, 3.63) is 58.9 Å². The van der Waals surface area contributed by atoms with E-state index < -0.39 is 0 Å². The van der Waals surface area contributed by atoms with Crippen LogP contribution in [0.15, 0.2) is 36.5 Å². The standard InChI is InChI=1S/C17H20N2O/c1-11(2)14-7-5-6-8-16(14)19-17(20)15-9-10-18-13(4)12(15)3/h5-11H,1-4H3,(H,19,20). The third-order valence-electron chi connectivity index (χ3n) is 3.53. The van der Waals surface area contributed by atoms with Gasteiger partial charge in [0.15, 0.2) is 0 Å². The number of hydrogen-bond donors (Lipinski definition) is 1. The number of pyridine rings is 1. The number of aromatic nitrogens is 1. The summed E-state index contributed by atoms with van der Waals surface area (Å²) in [5.41, 5.74) is 4.50. The molecule has 1 N–H and O–H groups in total. The SMILES string of the molecule is Cc1nccc(C(=O)Nc2ccccc2C(C)C)c1C. The van der Waals surface area contributed by atoms with Crippen molar-refractivity contribution in [1.82, 2.24) is 4.98 Å². The monoisotopic (exact) mass is 268 g/mol. The van der Waals surface area contributed by atoms with Gasteiger partial charge in [-0.2, -0.15) is 0 Å². The first kappa shape index (κ1) is 14.3. The van der Waals surface area contributed by atoms with Crippen molar-refractivity contribution in [1.29, 1.82) is 0 Å². The third-order valence-corrected chi connectivity index (χ3v) is 3.53. The van der Waals surface area contributed by atoms with Crippen molar-refractivity contribution in [2.75, 3.05) is 5.32 Å². The van der Waals surface area contributed by atoms with Crippen LogP contribution >= 0.6 is 0 Å². The lowest BCUT2D eigenvalue weighted by atomic mass is 10.0. The molecular formula is C17H20N2O. The maximum absolute atomic E-state index is 12.4. The number of nitrogens with one attached hydrogen (secondary N) is 1. The zero-order chi connectivity index (χ0) is 14.7. The Bertz CT molecular complexity index is 633. The van der Waals surface area contributed by atoms with E-state index in [9.17, 15) is 4.79 Å². The molecule has 0 bridgehead atoms. The summed E-state index contributed by atoms with van der Waals surface area (Å²) in [5.74, 6) is 0.285. The first-order valence-corrected chi connectivity index (χ1v) is 6.83. The Morgan fingerprint density at radius 1 is 1.15 bits per heavy atom. The van der Waals surface area contributed by atoms with Crippen LogP contribution in [0.1, 0.15) is 46.9 Å². The molecule has 0 aliphatic heterocycles. The van der Waals surface area contributed by atoms with Crippen molar-refractivity contribution >= 4 is 11.6 Å². The number of para-hydroxylation sites is 1. The second-order valence-electron chi connectivity index (χ2n) is 5.26. The molecule has 0 atom stereocenters. The smallest absolute Gasteiger partial charge is 0.256 e. The van der Waals surface area contributed by atoms with Gasteiger partial charge in [-0.05, 0) is 43.0 Å². The van der Waals surface area contributed by atoms with E-state index >= 15 is 0 Å². The summed E-state index contributed by atoms with van der Waals surface area (Å²) in [6.45, 7) is 8.07. The summed E-state index contributed by atoms with van der Waals surface area (Å²) in [7, 11) is 0. The minimum Gasteiger partial charge on any atom is -0.322 e. The molecule has 0 radical (unpaired) electrons. The maximum atomic E-state index is 12.4. The van der Waals surface area contributed by atoms with E-state index in [2.05, 4.69) is 24.1 Å². The molecule has 0 aliphatic rings. The van der Waals surface area contributed by atoms with Crippen LogP contribution in [0.5, 0.6) is 0 Å². The van der Waals surface area contributed by atoms with Crippen LogP contribution in [0.3, 0.4) is 0 Å². The molecule has 0 aliphatic carbocycles. The van der Waals surface area contributed by atoms with Gasteiger partial charge in [0.2, 0.25) is 0 Å². The number of rotatable bonds is 3. The van der Waals surface area contributed by atoms with E-state index in [1.807, 2.05) is 38.1 Å². The first-order valence-electron chi connectivity index (χ1n) is 6.83. The van der Waals surface area contributed by atoms with Gasteiger partial charge >= 0.3 is 0 Å². The number of carbonyl (C=O) groups excluding carboxylic acids is 1. The average Bonchev–Trinajstić information content (AvgIpc) is 2.42. The lowest BCUT2D eigenvalue weighted by Gasteiger charge is -2.14. The van der Waals surface area contributed by atoms with Gasteiger partial charge in [0.05, 0.1) is 0 Å². The summed E-state index contributed by atoms with van der Waals surface area (Å²) in [4.78, 5) is 16.6. The van der Waals surface area contributed by atoms with E-state index in [1.54, 1.807) is 12.3 Å². The summed E-state index contributed by atoms with van der Waals surface area (Å²) in [5, 5.41) is 3.01. The van der Waals surface area contributed by atoms with Gasteiger partial charge in [-0.3, -0.25) is 9.78 Å². The molecule has 2 rings (SSSR count).